The minimum Gasteiger partial charge on any atom is -0.330 e. The van der Waals surface area contributed by atoms with Gasteiger partial charge >= 0.3 is 0 Å². The van der Waals surface area contributed by atoms with E-state index in [1.165, 1.54) is 74.5 Å². The predicted molar refractivity (Wildman–Crippen MR) is 106 cm³/mol. The first kappa shape index (κ1) is 21.1. The van der Waals surface area contributed by atoms with E-state index in [2.05, 4.69) is 18.2 Å². The quantitative estimate of drug-likeness (QED) is 0.428. The average molecular weight is 334 g/mol. The Balaban J connectivity index is 2.58. The summed E-state index contributed by atoms with van der Waals surface area (Å²) in [5.74, 6) is 0. The van der Waals surface area contributed by atoms with Crippen molar-refractivity contribution in [3.05, 3.63) is 34.9 Å². The molecule has 6 N–H and O–H groups in total. The fraction of sp³-hybridized carbons (Fsp3) is 0.714. The predicted octanol–water partition coefficient (Wildman–Crippen LogP) is 3.70. The van der Waals surface area contributed by atoms with Crippen LogP contribution in [0.5, 0.6) is 0 Å². The van der Waals surface area contributed by atoms with Crippen LogP contribution in [0.4, 0.5) is 0 Å². The van der Waals surface area contributed by atoms with Crippen molar-refractivity contribution in [1.29, 1.82) is 0 Å². The van der Waals surface area contributed by atoms with Crippen LogP contribution in [-0.2, 0) is 19.3 Å². The van der Waals surface area contributed by atoms with Gasteiger partial charge in [0.2, 0.25) is 0 Å². The summed E-state index contributed by atoms with van der Waals surface area (Å²) in [7, 11) is 0. The third kappa shape index (κ3) is 10.1. The molecule has 138 valence electrons. The highest BCUT2D eigenvalue weighted by Crippen LogP contribution is 2.18. The van der Waals surface area contributed by atoms with Gasteiger partial charge in [-0.25, -0.2) is 0 Å². The molecule has 1 rings (SSSR count). The van der Waals surface area contributed by atoms with E-state index in [4.69, 9.17) is 17.2 Å². The first-order chi connectivity index (χ1) is 11.8. The Bertz CT molecular complexity index is 343. The van der Waals surface area contributed by atoms with E-state index in [9.17, 15) is 0 Å². The molecule has 0 radical (unpaired) electrons. The lowest BCUT2D eigenvalue weighted by Crippen LogP contribution is -2.01. The molecule has 0 aliphatic heterocycles. The van der Waals surface area contributed by atoms with Gasteiger partial charge in [-0.15, -0.1) is 0 Å². The number of aryl methyl sites for hydroxylation is 3. The summed E-state index contributed by atoms with van der Waals surface area (Å²) in [6, 6.07) is 7.27. The lowest BCUT2D eigenvalue weighted by Gasteiger charge is -2.11. The van der Waals surface area contributed by atoms with Crippen LogP contribution in [-0.4, -0.2) is 19.6 Å². The molecule has 3 heteroatoms. The lowest BCUT2D eigenvalue weighted by molar-refractivity contribution is 0.673. The highest BCUT2D eigenvalue weighted by atomic mass is 14.5. The fourth-order valence-electron chi connectivity index (χ4n) is 3.22. The number of rotatable bonds is 15. The van der Waals surface area contributed by atoms with Crippen LogP contribution >= 0.6 is 0 Å². The molecule has 0 saturated carbocycles. The second-order valence-electron chi connectivity index (χ2n) is 6.96. The SMILES string of the molecule is NCCCCCc1cc(CCCCCN)cc(CCCCCN)c1. The van der Waals surface area contributed by atoms with Crippen molar-refractivity contribution < 1.29 is 0 Å². The maximum absolute atomic E-state index is 5.60. The van der Waals surface area contributed by atoms with Crippen LogP contribution in [0.25, 0.3) is 0 Å². The van der Waals surface area contributed by atoms with Gasteiger partial charge in [-0.1, -0.05) is 37.5 Å². The maximum atomic E-state index is 5.60. The van der Waals surface area contributed by atoms with Crippen molar-refractivity contribution in [2.45, 2.75) is 77.0 Å². The summed E-state index contributed by atoms with van der Waals surface area (Å²) < 4.78 is 0. The number of hydrogen-bond acceptors (Lipinski definition) is 3. The molecule has 1 aromatic carbocycles. The first-order valence-electron chi connectivity index (χ1n) is 10.0. The highest BCUT2D eigenvalue weighted by Gasteiger charge is 2.03. The van der Waals surface area contributed by atoms with Gasteiger partial charge in [-0.3, -0.25) is 0 Å². The van der Waals surface area contributed by atoms with Crippen LogP contribution in [0.15, 0.2) is 18.2 Å². The molecule has 0 spiro atoms. The highest BCUT2D eigenvalue weighted by molar-refractivity contribution is 5.30. The van der Waals surface area contributed by atoms with Gasteiger partial charge in [0.15, 0.2) is 0 Å². The van der Waals surface area contributed by atoms with Crippen molar-refractivity contribution in [3.8, 4) is 0 Å². The summed E-state index contributed by atoms with van der Waals surface area (Å²) in [4.78, 5) is 0. The number of unbranched alkanes of at least 4 members (excludes halogenated alkanes) is 6. The van der Waals surface area contributed by atoms with Crippen LogP contribution in [0, 0.1) is 0 Å². The first-order valence-corrected chi connectivity index (χ1v) is 10.0. The lowest BCUT2D eigenvalue weighted by atomic mass is 9.95. The van der Waals surface area contributed by atoms with Gasteiger partial charge in [0.25, 0.3) is 0 Å². The molecule has 24 heavy (non-hydrogen) atoms. The summed E-state index contributed by atoms with van der Waals surface area (Å²) in [5.41, 5.74) is 21.3. The minimum absolute atomic E-state index is 0.813. The monoisotopic (exact) mass is 333 g/mol. The van der Waals surface area contributed by atoms with Gasteiger partial charge in [0, 0.05) is 0 Å². The van der Waals surface area contributed by atoms with E-state index in [0.717, 1.165) is 38.9 Å². The molecule has 3 nitrogen and oxygen atoms in total. The van der Waals surface area contributed by atoms with Crippen LogP contribution in [0.3, 0.4) is 0 Å². The summed E-state index contributed by atoms with van der Waals surface area (Å²) >= 11 is 0. The average Bonchev–Trinajstić information content (AvgIpc) is 2.59. The Morgan fingerprint density at radius 3 is 0.958 bits per heavy atom. The molecule has 0 atom stereocenters. The van der Waals surface area contributed by atoms with Crippen molar-refractivity contribution in [2.24, 2.45) is 17.2 Å². The number of hydrogen-bond donors (Lipinski definition) is 3. The molecular weight excluding hydrogens is 294 g/mol. The van der Waals surface area contributed by atoms with Gasteiger partial charge in [-0.2, -0.15) is 0 Å². The zero-order valence-electron chi connectivity index (χ0n) is 15.6. The van der Waals surface area contributed by atoms with Crippen molar-refractivity contribution in [3.63, 3.8) is 0 Å². The van der Waals surface area contributed by atoms with Crippen LogP contribution < -0.4 is 17.2 Å². The molecule has 0 aliphatic carbocycles. The Morgan fingerprint density at radius 2 is 0.708 bits per heavy atom. The maximum Gasteiger partial charge on any atom is -0.00773 e. The van der Waals surface area contributed by atoms with Crippen molar-refractivity contribution >= 4 is 0 Å². The minimum atomic E-state index is 0.813. The number of benzene rings is 1. The molecule has 0 fully saturated rings. The Morgan fingerprint density at radius 1 is 0.417 bits per heavy atom. The molecule has 0 bridgehead atoms. The third-order valence-corrected chi connectivity index (χ3v) is 4.62. The van der Waals surface area contributed by atoms with Crippen LogP contribution in [0.1, 0.15) is 74.5 Å². The fourth-order valence-corrected chi connectivity index (χ4v) is 3.22. The molecule has 0 aliphatic rings. The van der Waals surface area contributed by atoms with E-state index in [1.807, 2.05) is 0 Å². The summed E-state index contributed by atoms with van der Waals surface area (Å²) in [5, 5.41) is 0. The Kier molecular flexibility index (Phi) is 12.7. The van der Waals surface area contributed by atoms with Crippen molar-refractivity contribution in [2.75, 3.05) is 19.6 Å². The molecule has 1 aromatic rings. The molecule has 0 heterocycles. The number of nitrogens with two attached hydrogens (primary N) is 3. The van der Waals surface area contributed by atoms with Gasteiger partial charge in [0.05, 0.1) is 0 Å². The zero-order valence-corrected chi connectivity index (χ0v) is 15.6. The molecule has 0 aromatic heterocycles. The second-order valence-corrected chi connectivity index (χ2v) is 6.96. The molecule has 0 amide bonds. The van der Waals surface area contributed by atoms with E-state index >= 15 is 0 Å². The normalized spacial score (nSPS) is 11.1. The summed E-state index contributed by atoms with van der Waals surface area (Å²) in [6.07, 6.45) is 14.5. The topological polar surface area (TPSA) is 78.1 Å². The Hall–Kier alpha value is -0.900. The standard InChI is InChI=1S/C21H39N3/c22-13-7-1-4-10-19-16-20(11-5-2-8-14-23)18-21(17-19)12-6-3-9-15-24/h16-18H,1-15,22-24H2. The molecule has 0 unspecified atom stereocenters. The van der Waals surface area contributed by atoms with Gasteiger partial charge in [-0.05, 0) is 94.1 Å². The van der Waals surface area contributed by atoms with Crippen molar-refractivity contribution in [1.82, 2.24) is 0 Å². The van der Waals surface area contributed by atoms with E-state index in [-0.39, 0.29) is 0 Å². The van der Waals surface area contributed by atoms with E-state index in [0.29, 0.717) is 0 Å². The summed E-state index contributed by atoms with van der Waals surface area (Å²) in [6.45, 7) is 2.44. The second kappa shape index (κ2) is 14.4. The third-order valence-electron chi connectivity index (χ3n) is 4.62. The van der Waals surface area contributed by atoms with E-state index in [1.54, 1.807) is 0 Å². The largest absolute Gasteiger partial charge is 0.330 e. The smallest absolute Gasteiger partial charge is 0.00773 e. The van der Waals surface area contributed by atoms with Gasteiger partial charge in [0.1, 0.15) is 0 Å². The molecule has 0 saturated heterocycles. The molecular formula is C21H39N3. The Labute approximate surface area is 149 Å². The van der Waals surface area contributed by atoms with Gasteiger partial charge < -0.3 is 17.2 Å². The van der Waals surface area contributed by atoms with E-state index < -0.39 is 0 Å². The van der Waals surface area contributed by atoms with Crippen LogP contribution in [0.2, 0.25) is 0 Å². The zero-order chi connectivity index (χ0) is 17.5.